The number of furan rings is 1. The zero-order valence-electron chi connectivity index (χ0n) is 15.1. The number of rotatable bonds is 3. The van der Waals surface area contributed by atoms with Crippen LogP contribution in [0.4, 0.5) is 5.69 Å². The lowest BCUT2D eigenvalue weighted by Gasteiger charge is -2.20. The van der Waals surface area contributed by atoms with Crippen LogP contribution < -0.4 is 5.32 Å². The summed E-state index contributed by atoms with van der Waals surface area (Å²) in [6.45, 7) is 5.21. The molecule has 3 rings (SSSR count). The number of anilines is 1. The number of nitrogens with one attached hydrogen (secondary N) is 1. The fourth-order valence-electron chi connectivity index (χ4n) is 3.26. The number of amides is 2. The Morgan fingerprint density at radius 3 is 2.15 bits per heavy atom. The third-order valence-electron chi connectivity index (χ3n) is 4.70. The number of carbonyl (C=O) groups excluding carboxylic acids is 2. The lowest BCUT2D eigenvalue weighted by Crippen LogP contribution is -2.31. The van der Waals surface area contributed by atoms with Crippen LogP contribution >= 0.6 is 15.9 Å². The summed E-state index contributed by atoms with van der Waals surface area (Å²) < 4.78 is 6.14. The molecule has 1 fully saturated rings. The molecule has 6 heteroatoms. The van der Waals surface area contributed by atoms with E-state index in [0.29, 0.717) is 32.8 Å². The van der Waals surface area contributed by atoms with Crippen molar-refractivity contribution >= 4 is 33.4 Å². The van der Waals surface area contributed by atoms with Crippen LogP contribution in [0.3, 0.4) is 0 Å². The number of nitrogens with zero attached hydrogens (tertiary/aromatic N) is 1. The van der Waals surface area contributed by atoms with E-state index in [9.17, 15) is 9.59 Å². The van der Waals surface area contributed by atoms with Gasteiger partial charge >= 0.3 is 0 Å². The molecule has 1 aromatic heterocycles. The molecule has 5 nitrogen and oxygen atoms in total. The fraction of sp³-hybridized carbons (Fsp3) is 0.400. The van der Waals surface area contributed by atoms with E-state index in [-0.39, 0.29) is 11.8 Å². The summed E-state index contributed by atoms with van der Waals surface area (Å²) >= 11 is 3.39. The van der Waals surface area contributed by atoms with Gasteiger partial charge in [-0.3, -0.25) is 9.59 Å². The number of likely N-dealkylation sites (tertiary alicyclic amines) is 1. The first-order valence-corrected chi connectivity index (χ1v) is 9.73. The second-order valence-electron chi connectivity index (χ2n) is 6.64. The van der Waals surface area contributed by atoms with Gasteiger partial charge < -0.3 is 14.6 Å². The van der Waals surface area contributed by atoms with Gasteiger partial charge in [-0.15, -0.1) is 0 Å². The van der Waals surface area contributed by atoms with Gasteiger partial charge in [0.05, 0.1) is 10.0 Å². The van der Waals surface area contributed by atoms with Crippen molar-refractivity contribution in [3.05, 3.63) is 51.4 Å². The Balaban J connectivity index is 1.69. The van der Waals surface area contributed by atoms with Gasteiger partial charge in [-0.1, -0.05) is 12.8 Å². The summed E-state index contributed by atoms with van der Waals surface area (Å²) in [5.74, 6) is 1.07. The minimum absolute atomic E-state index is 0.0637. The highest BCUT2D eigenvalue weighted by Gasteiger charge is 2.20. The van der Waals surface area contributed by atoms with Gasteiger partial charge in [-0.25, -0.2) is 0 Å². The first kappa shape index (κ1) is 18.7. The van der Waals surface area contributed by atoms with E-state index in [2.05, 4.69) is 21.2 Å². The third-order valence-corrected chi connectivity index (χ3v) is 5.65. The first-order valence-electron chi connectivity index (χ1n) is 8.93. The van der Waals surface area contributed by atoms with Gasteiger partial charge in [-0.2, -0.15) is 0 Å². The van der Waals surface area contributed by atoms with Crippen LogP contribution in [0.2, 0.25) is 0 Å². The second-order valence-corrected chi connectivity index (χ2v) is 7.43. The molecule has 1 aromatic carbocycles. The molecular formula is C20H23BrN2O3. The van der Waals surface area contributed by atoms with Crippen molar-refractivity contribution in [2.24, 2.45) is 0 Å². The number of aryl methyl sites for hydroxylation is 2. The number of hydrogen-bond acceptors (Lipinski definition) is 3. The summed E-state index contributed by atoms with van der Waals surface area (Å²) in [5.41, 5.74) is 1.79. The van der Waals surface area contributed by atoms with E-state index in [4.69, 9.17) is 4.42 Å². The second kappa shape index (κ2) is 8.08. The average Bonchev–Trinajstić information content (AvgIpc) is 2.82. The molecule has 0 atom stereocenters. The Kier molecular flexibility index (Phi) is 5.81. The molecule has 1 aliphatic heterocycles. The van der Waals surface area contributed by atoms with E-state index in [1.54, 1.807) is 38.1 Å². The topological polar surface area (TPSA) is 62.6 Å². The molecule has 0 spiro atoms. The molecule has 2 amide bonds. The average molecular weight is 419 g/mol. The van der Waals surface area contributed by atoms with Crippen LogP contribution in [0, 0.1) is 13.8 Å². The van der Waals surface area contributed by atoms with Gasteiger partial charge in [0.25, 0.3) is 11.8 Å². The molecule has 0 saturated carbocycles. The van der Waals surface area contributed by atoms with Crippen molar-refractivity contribution in [3.8, 4) is 0 Å². The number of halogens is 1. The monoisotopic (exact) mass is 418 g/mol. The van der Waals surface area contributed by atoms with Crippen molar-refractivity contribution in [2.75, 3.05) is 18.4 Å². The van der Waals surface area contributed by atoms with Gasteiger partial charge in [-0.05, 0) is 66.9 Å². The fourth-order valence-corrected chi connectivity index (χ4v) is 3.80. The van der Waals surface area contributed by atoms with Crippen LogP contribution in [-0.4, -0.2) is 29.8 Å². The molecular weight excluding hydrogens is 396 g/mol. The Morgan fingerprint density at radius 2 is 1.62 bits per heavy atom. The van der Waals surface area contributed by atoms with Crippen LogP contribution in [0.25, 0.3) is 0 Å². The Morgan fingerprint density at radius 1 is 1.00 bits per heavy atom. The molecule has 0 bridgehead atoms. The third kappa shape index (κ3) is 4.01. The number of carbonyl (C=O) groups is 2. The van der Waals surface area contributed by atoms with E-state index in [0.717, 1.165) is 25.9 Å². The zero-order valence-corrected chi connectivity index (χ0v) is 16.7. The standard InChI is InChI=1S/C20H23BrN2O3/c1-13-17(18(21)14(2)26-13)19(24)22-16-9-7-15(8-10-16)20(25)23-11-5-3-4-6-12-23/h7-10H,3-6,11-12H2,1-2H3,(H,22,24). The van der Waals surface area contributed by atoms with E-state index in [1.807, 2.05) is 4.90 Å². The number of hydrogen-bond donors (Lipinski definition) is 1. The smallest absolute Gasteiger partial charge is 0.260 e. The van der Waals surface area contributed by atoms with Crippen LogP contribution in [0.15, 0.2) is 33.2 Å². The van der Waals surface area contributed by atoms with Crippen molar-refractivity contribution in [1.29, 1.82) is 0 Å². The SMILES string of the molecule is Cc1oc(C)c(C(=O)Nc2ccc(C(=O)N3CCCCCC3)cc2)c1Br. The Hall–Kier alpha value is -2.08. The normalized spacial score (nSPS) is 14.8. The molecule has 0 unspecified atom stereocenters. The largest absolute Gasteiger partial charge is 0.465 e. The maximum Gasteiger partial charge on any atom is 0.260 e. The number of benzene rings is 1. The summed E-state index contributed by atoms with van der Waals surface area (Å²) in [6, 6.07) is 7.06. The molecule has 26 heavy (non-hydrogen) atoms. The minimum atomic E-state index is -0.238. The maximum absolute atomic E-state index is 12.6. The van der Waals surface area contributed by atoms with Crippen LogP contribution in [0.5, 0.6) is 0 Å². The summed E-state index contributed by atoms with van der Waals surface area (Å²) in [6.07, 6.45) is 4.52. The predicted molar refractivity (Wildman–Crippen MR) is 105 cm³/mol. The molecule has 1 N–H and O–H groups in total. The zero-order chi connectivity index (χ0) is 18.7. The molecule has 2 aromatic rings. The molecule has 1 aliphatic rings. The lowest BCUT2D eigenvalue weighted by atomic mass is 10.1. The van der Waals surface area contributed by atoms with E-state index in [1.165, 1.54) is 12.8 Å². The van der Waals surface area contributed by atoms with Crippen LogP contribution in [-0.2, 0) is 0 Å². The first-order chi connectivity index (χ1) is 12.5. The van der Waals surface area contributed by atoms with Gasteiger partial charge in [0.1, 0.15) is 11.5 Å². The molecule has 0 aliphatic carbocycles. The summed E-state index contributed by atoms with van der Waals surface area (Å²) in [5, 5.41) is 2.86. The highest BCUT2D eigenvalue weighted by atomic mass is 79.9. The highest BCUT2D eigenvalue weighted by Crippen LogP contribution is 2.28. The van der Waals surface area contributed by atoms with Crippen molar-refractivity contribution in [3.63, 3.8) is 0 Å². The minimum Gasteiger partial charge on any atom is -0.465 e. The van der Waals surface area contributed by atoms with Crippen molar-refractivity contribution < 1.29 is 14.0 Å². The Bertz CT molecular complexity index is 803. The van der Waals surface area contributed by atoms with Crippen molar-refractivity contribution in [1.82, 2.24) is 4.90 Å². The highest BCUT2D eigenvalue weighted by molar-refractivity contribution is 9.10. The molecule has 1 saturated heterocycles. The molecule has 2 heterocycles. The summed E-state index contributed by atoms with van der Waals surface area (Å²) in [4.78, 5) is 27.0. The lowest BCUT2D eigenvalue weighted by molar-refractivity contribution is 0.0761. The van der Waals surface area contributed by atoms with E-state index >= 15 is 0 Å². The van der Waals surface area contributed by atoms with Gasteiger partial charge in [0, 0.05) is 24.3 Å². The van der Waals surface area contributed by atoms with Crippen molar-refractivity contribution in [2.45, 2.75) is 39.5 Å². The Labute approximate surface area is 161 Å². The van der Waals surface area contributed by atoms with E-state index < -0.39 is 0 Å². The summed E-state index contributed by atoms with van der Waals surface area (Å²) in [7, 11) is 0. The predicted octanol–water partition coefficient (Wildman–Crippen LogP) is 4.93. The molecule has 0 radical (unpaired) electrons. The van der Waals surface area contributed by atoms with Crippen LogP contribution in [0.1, 0.15) is 57.9 Å². The van der Waals surface area contributed by atoms with Gasteiger partial charge in [0.15, 0.2) is 0 Å². The van der Waals surface area contributed by atoms with Gasteiger partial charge in [0.2, 0.25) is 0 Å². The molecule has 138 valence electrons. The maximum atomic E-state index is 12.6. The quantitative estimate of drug-likeness (QED) is 0.768.